The Balaban J connectivity index is 2.17. The van der Waals surface area contributed by atoms with Gasteiger partial charge in [-0.2, -0.15) is 0 Å². The molecule has 0 spiro atoms. The summed E-state index contributed by atoms with van der Waals surface area (Å²) in [7, 11) is 0. The van der Waals surface area contributed by atoms with E-state index in [-0.39, 0.29) is 0 Å². The van der Waals surface area contributed by atoms with Gasteiger partial charge in [0.15, 0.2) is 0 Å². The van der Waals surface area contributed by atoms with Gasteiger partial charge in [0.25, 0.3) is 0 Å². The fourth-order valence-corrected chi connectivity index (χ4v) is 3.21. The fourth-order valence-electron chi connectivity index (χ4n) is 3.21. The molecule has 3 rings (SSSR count). The van der Waals surface area contributed by atoms with Crippen molar-refractivity contribution >= 4 is 17.0 Å². The van der Waals surface area contributed by atoms with E-state index in [4.69, 9.17) is 0 Å². The highest BCUT2D eigenvalue weighted by molar-refractivity contribution is 6.01. The number of nitrogens with zero attached hydrogens (tertiary/aromatic N) is 2. The van der Waals surface area contributed by atoms with E-state index in [0.717, 1.165) is 11.3 Å². The number of aromatic carboxylic acids is 1. The average molecular weight is 258 g/mol. The van der Waals surface area contributed by atoms with Crippen LogP contribution >= 0.6 is 0 Å². The zero-order valence-corrected chi connectivity index (χ0v) is 11.1. The molecule has 1 aromatic heterocycles. The molecule has 1 aliphatic carbocycles. The Bertz CT molecular complexity index is 624. The van der Waals surface area contributed by atoms with Crippen molar-refractivity contribution in [3.05, 3.63) is 29.6 Å². The van der Waals surface area contributed by atoms with Crippen molar-refractivity contribution in [1.29, 1.82) is 0 Å². The van der Waals surface area contributed by atoms with Crippen molar-refractivity contribution in [3.63, 3.8) is 0 Å². The van der Waals surface area contributed by atoms with Gasteiger partial charge in [0, 0.05) is 6.04 Å². The van der Waals surface area contributed by atoms with Crippen molar-refractivity contribution in [2.75, 3.05) is 0 Å². The quantitative estimate of drug-likeness (QED) is 0.896. The molecule has 0 bridgehead atoms. The number of carbonyl (C=O) groups is 1. The van der Waals surface area contributed by atoms with Crippen molar-refractivity contribution in [1.82, 2.24) is 9.55 Å². The molecular weight excluding hydrogens is 240 g/mol. The third-order valence-electron chi connectivity index (χ3n) is 4.07. The van der Waals surface area contributed by atoms with Crippen LogP contribution in [0.1, 0.15) is 54.3 Å². The summed E-state index contributed by atoms with van der Waals surface area (Å²) in [6, 6.07) is 5.90. The van der Waals surface area contributed by atoms with E-state index < -0.39 is 5.97 Å². The number of benzene rings is 1. The number of carboxylic acid groups (broad SMARTS) is 1. The van der Waals surface area contributed by atoms with Crippen LogP contribution in [0.3, 0.4) is 0 Å². The van der Waals surface area contributed by atoms with E-state index in [0.29, 0.717) is 17.1 Å². The molecule has 100 valence electrons. The molecular formula is C15H18N2O2. The van der Waals surface area contributed by atoms with Crippen molar-refractivity contribution < 1.29 is 9.90 Å². The second-order valence-electron chi connectivity index (χ2n) is 5.30. The molecule has 1 fully saturated rings. The maximum Gasteiger partial charge on any atom is 0.337 e. The molecule has 4 heteroatoms. The zero-order chi connectivity index (χ0) is 13.4. The summed E-state index contributed by atoms with van der Waals surface area (Å²) in [6.07, 6.45) is 6.15. The average Bonchev–Trinajstić information content (AvgIpc) is 2.75. The number of hydrogen-bond acceptors (Lipinski definition) is 2. The number of carboxylic acids is 1. The lowest BCUT2D eigenvalue weighted by atomic mass is 9.95. The summed E-state index contributed by atoms with van der Waals surface area (Å²) in [5.41, 5.74) is 1.89. The zero-order valence-electron chi connectivity index (χ0n) is 11.1. The smallest absolute Gasteiger partial charge is 0.337 e. The lowest BCUT2D eigenvalue weighted by Gasteiger charge is -2.25. The summed E-state index contributed by atoms with van der Waals surface area (Å²) in [5.74, 6) is 0.0227. The van der Waals surface area contributed by atoms with Crippen LogP contribution in [-0.4, -0.2) is 20.6 Å². The molecule has 4 nitrogen and oxygen atoms in total. The summed E-state index contributed by atoms with van der Waals surface area (Å²) in [4.78, 5) is 15.8. The number of imidazole rings is 1. The molecule has 0 atom stereocenters. The minimum Gasteiger partial charge on any atom is -0.478 e. The van der Waals surface area contributed by atoms with Gasteiger partial charge in [-0.3, -0.25) is 0 Å². The van der Waals surface area contributed by atoms with E-state index in [1.54, 1.807) is 6.07 Å². The van der Waals surface area contributed by atoms with Gasteiger partial charge >= 0.3 is 5.97 Å². The number of aromatic nitrogens is 2. The summed E-state index contributed by atoms with van der Waals surface area (Å²) < 4.78 is 2.24. The van der Waals surface area contributed by atoms with Crippen LogP contribution in [0.2, 0.25) is 0 Å². The Kier molecular flexibility index (Phi) is 3.01. The first-order valence-electron chi connectivity index (χ1n) is 6.89. The van der Waals surface area contributed by atoms with E-state index in [9.17, 15) is 9.90 Å². The Labute approximate surface area is 112 Å². The number of aryl methyl sites for hydroxylation is 1. The fraction of sp³-hybridized carbons (Fsp3) is 0.467. The SMILES string of the molecule is Cc1nc2c(C(=O)O)cccc2n1C1CCCCC1. The van der Waals surface area contributed by atoms with E-state index in [1.807, 2.05) is 19.1 Å². The van der Waals surface area contributed by atoms with Crippen LogP contribution in [0.4, 0.5) is 0 Å². The van der Waals surface area contributed by atoms with E-state index in [2.05, 4.69) is 9.55 Å². The van der Waals surface area contributed by atoms with Crippen LogP contribution in [0.15, 0.2) is 18.2 Å². The van der Waals surface area contributed by atoms with Gasteiger partial charge in [-0.1, -0.05) is 25.3 Å². The Hall–Kier alpha value is -1.84. The summed E-state index contributed by atoms with van der Waals surface area (Å²) in [5, 5.41) is 9.24. The topological polar surface area (TPSA) is 55.1 Å². The van der Waals surface area contributed by atoms with Crippen molar-refractivity contribution in [3.8, 4) is 0 Å². The highest BCUT2D eigenvalue weighted by atomic mass is 16.4. The van der Waals surface area contributed by atoms with Gasteiger partial charge in [0.2, 0.25) is 0 Å². The van der Waals surface area contributed by atoms with Gasteiger partial charge in [0.1, 0.15) is 11.3 Å². The van der Waals surface area contributed by atoms with Crippen LogP contribution in [0, 0.1) is 6.92 Å². The van der Waals surface area contributed by atoms with Gasteiger partial charge in [-0.25, -0.2) is 9.78 Å². The van der Waals surface area contributed by atoms with Gasteiger partial charge < -0.3 is 9.67 Å². The Morgan fingerprint density at radius 3 is 2.74 bits per heavy atom. The number of rotatable bonds is 2. The van der Waals surface area contributed by atoms with Crippen LogP contribution in [-0.2, 0) is 0 Å². The van der Waals surface area contributed by atoms with E-state index >= 15 is 0 Å². The second kappa shape index (κ2) is 4.68. The Morgan fingerprint density at radius 2 is 2.05 bits per heavy atom. The molecule has 0 saturated heterocycles. The van der Waals surface area contributed by atoms with Crippen LogP contribution < -0.4 is 0 Å². The van der Waals surface area contributed by atoms with Crippen LogP contribution in [0.5, 0.6) is 0 Å². The predicted molar refractivity (Wildman–Crippen MR) is 73.6 cm³/mol. The predicted octanol–water partition coefficient (Wildman–Crippen LogP) is 3.55. The highest BCUT2D eigenvalue weighted by Crippen LogP contribution is 2.33. The molecule has 0 aliphatic heterocycles. The molecule has 0 unspecified atom stereocenters. The first-order chi connectivity index (χ1) is 9.18. The summed E-state index contributed by atoms with van der Waals surface area (Å²) in [6.45, 7) is 1.97. The third kappa shape index (κ3) is 2.01. The molecule has 1 aromatic carbocycles. The molecule has 1 heterocycles. The number of hydrogen-bond donors (Lipinski definition) is 1. The normalized spacial score (nSPS) is 16.9. The standard InChI is InChI=1S/C15H18N2O2/c1-10-16-14-12(15(18)19)8-5-9-13(14)17(10)11-6-3-2-4-7-11/h5,8-9,11H,2-4,6-7H2,1H3,(H,18,19). The molecule has 0 amide bonds. The largest absolute Gasteiger partial charge is 0.478 e. The molecule has 1 aliphatic rings. The van der Waals surface area contributed by atoms with Crippen LogP contribution in [0.25, 0.3) is 11.0 Å². The maximum absolute atomic E-state index is 11.3. The number of fused-ring (bicyclic) bond motifs is 1. The minimum atomic E-state index is -0.904. The minimum absolute atomic E-state index is 0.301. The molecule has 1 N–H and O–H groups in total. The number of para-hydroxylation sites is 1. The lowest BCUT2D eigenvalue weighted by molar-refractivity contribution is 0.0699. The van der Waals surface area contributed by atoms with E-state index in [1.165, 1.54) is 32.1 Å². The molecule has 2 aromatic rings. The lowest BCUT2D eigenvalue weighted by Crippen LogP contribution is -2.14. The first kappa shape index (κ1) is 12.2. The van der Waals surface area contributed by atoms with Crippen molar-refractivity contribution in [2.45, 2.75) is 45.1 Å². The summed E-state index contributed by atoms with van der Waals surface area (Å²) >= 11 is 0. The molecule has 0 radical (unpaired) electrons. The molecule has 1 saturated carbocycles. The van der Waals surface area contributed by atoms with Gasteiger partial charge in [-0.05, 0) is 31.9 Å². The Morgan fingerprint density at radius 1 is 1.32 bits per heavy atom. The molecule has 19 heavy (non-hydrogen) atoms. The monoisotopic (exact) mass is 258 g/mol. The first-order valence-corrected chi connectivity index (χ1v) is 6.89. The maximum atomic E-state index is 11.3. The van der Waals surface area contributed by atoms with Crippen molar-refractivity contribution in [2.24, 2.45) is 0 Å². The second-order valence-corrected chi connectivity index (χ2v) is 5.30. The highest BCUT2D eigenvalue weighted by Gasteiger charge is 2.21. The van der Waals surface area contributed by atoms with Gasteiger partial charge in [-0.15, -0.1) is 0 Å². The third-order valence-corrected chi connectivity index (χ3v) is 4.07. The van der Waals surface area contributed by atoms with Gasteiger partial charge in [0.05, 0.1) is 11.1 Å².